The zero-order chi connectivity index (χ0) is 19.9. The maximum atomic E-state index is 12.2. The summed E-state index contributed by atoms with van der Waals surface area (Å²) < 4.78 is 11.1. The molecule has 1 amide bonds. The second-order valence-electron chi connectivity index (χ2n) is 6.72. The van der Waals surface area contributed by atoms with Gasteiger partial charge in [-0.3, -0.25) is 9.59 Å². The minimum absolute atomic E-state index is 0.0411. The van der Waals surface area contributed by atoms with Crippen molar-refractivity contribution in [3.63, 3.8) is 0 Å². The van der Waals surface area contributed by atoms with Crippen molar-refractivity contribution >= 4 is 11.9 Å². The molecule has 2 rings (SSSR count). The van der Waals surface area contributed by atoms with E-state index in [1.54, 1.807) is 49.5 Å². The molecule has 1 aromatic carbocycles. The lowest BCUT2D eigenvalue weighted by Crippen LogP contribution is -2.52. The van der Waals surface area contributed by atoms with Gasteiger partial charge in [0.15, 0.2) is 6.61 Å². The lowest BCUT2D eigenvalue weighted by Gasteiger charge is -2.33. The fraction of sp³-hybridized carbons (Fsp3) is 0.350. The Morgan fingerprint density at radius 1 is 1.15 bits per heavy atom. The lowest BCUT2D eigenvalue weighted by molar-refractivity contribution is -0.139. The summed E-state index contributed by atoms with van der Waals surface area (Å²) in [5.74, 6) is 0.206. The van der Waals surface area contributed by atoms with Crippen LogP contribution in [0, 0.1) is 5.92 Å². The molecule has 0 bridgehead atoms. The Morgan fingerprint density at radius 2 is 1.81 bits per heavy atom. The van der Waals surface area contributed by atoms with Crippen LogP contribution in [0.1, 0.15) is 27.2 Å². The van der Waals surface area contributed by atoms with Crippen molar-refractivity contribution in [1.29, 1.82) is 0 Å². The number of aliphatic carboxylic acids is 1. The van der Waals surface area contributed by atoms with E-state index in [0.717, 1.165) is 0 Å². The summed E-state index contributed by atoms with van der Waals surface area (Å²) in [5.41, 5.74) is -0.841. The molecule has 144 valence electrons. The predicted octanol–water partition coefficient (Wildman–Crippen LogP) is 3.26. The number of carbonyl (C=O) groups excluding carboxylic acids is 1. The molecule has 1 unspecified atom stereocenters. The number of amides is 1. The average Bonchev–Trinajstić information content (AvgIpc) is 2.61. The monoisotopic (exact) mass is 372 g/mol. The van der Waals surface area contributed by atoms with Gasteiger partial charge in [0, 0.05) is 12.3 Å². The molecule has 1 aromatic heterocycles. The van der Waals surface area contributed by atoms with E-state index in [1.165, 1.54) is 0 Å². The van der Waals surface area contributed by atoms with Gasteiger partial charge in [-0.15, -0.1) is 0 Å². The van der Waals surface area contributed by atoms with E-state index in [-0.39, 0.29) is 24.9 Å². The van der Waals surface area contributed by atoms with E-state index in [9.17, 15) is 9.59 Å². The number of aromatic nitrogens is 1. The summed E-state index contributed by atoms with van der Waals surface area (Å²) >= 11 is 0. The zero-order valence-electron chi connectivity index (χ0n) is 15.6. The number of rotatable bonds is 9. The maximum Gasteiger partial charge on any atom is 0.305 e. The van der Waals surface area contributed by atoms with Gasteiger partial charge in [-0.05, 0) is 43.2 Å². The number of pyridine rings is 1. The summed E-state index contributed by atoms with van der Waals surface area (Å²) in [6, 6.07) is 12.2. The fourth-order valence-corrected chi connectivity index (χ4v) is 2.34. The van der Waals surface area contributed by atoms with Crippen molar-refractivity contribution in [1.82, 2.24) is 10.3 Å². The SMILES string of the molecule is CC(C)C(C)(CC(=O)O)NC(=O)COc1ccc(Oc2ccccn2)cc1. The van der Waals surface area contributed by atoms with Crippen LogP contribution in [-0.2, 0) is 9.59 Å². The zero-order valence-corrected chi connectivity index (χ0v) is 15.6. The average molecular weight is 372 g/mol. The molecule has 0 saturated carbocycles. The standard InChI is InChI=1S/C20H24N2O5/c1-14(2)20(3,12-19(24)25)22-17(23)13-26-15-7-9-16(10-8-15)27-18-6-4-5-11-21-18/h4-11,14H,12-13H2,1-3H3,(H,22,23)(H,24,25). The highest BCUT2D eigenvalue weighted by Crippen LogP contribution is 2.23. The Kier molecular flexibility index (Phi) is 6.76. The van der Waals surface area contributed by atoms with Crippen molar-refractivity contribution in [2.75, 3.05) is 6.61 Å². The van der Waals surface area contributed by atoms with Gasteiger partial charge in [0.2, 0.25) is 5.88 Å². The maximum absolute atomic E-state index is 12.2. The van der Waals surface area contributed by atoms with Crippen LogP contribution in [0.2, 0.25) is 0 Å². The number of nitrogens with one attached hydrogen (secondary N) is 1. The highest BCUT2D eigenvalue weighted by molar-refractivity contribution is 5.79. The van der Waals surface area contributed by atoms with E-state index in [4.69, 9.17) is 14.6 Å². The van der Waals surface area contributed by atoms with Crippen LogP contribution < -0.4 is 14.8 Å². The quantitative estimate of drug-likeness (QED) is 0.701. The van der Waals surface area contributed by atoms with E-state index < -0.39 is 11.5 Å². The third-order valence-corrected chi connectivity index (χ3v) is 4.27. The van der Waals surface area contributed by atoms with Crippen LogP contribution in [0.4, 0.5) is 0 Å². The number of carboxylic acids is 1. The molecular formula is C20H24N2O5. The molecule has 1 heterocycles. The minimum atomic E-state index is -0.962. The molecule has 7 heteroatoms. The Labute approximate surface area is 158 Å². The number of carbonyl (C=O) groups is 2. The molecule has 2 N–H and O–H groups in total. The third-order valence-electron chi connectivity index (χ3n) is 4.27. The number of ether oxygens (including phenoxy) is 2. The Morgan fingerprint density at radius 3 is 2.37 bits per heavy atom. The normalized spacial score (nSPS) is 12.9. The first kappa shape index (κ1) is 20.2. The molecule has 0 radical (unpaired) electrons. The first-order chi connectivity index (χ1) is 12.8. The van der Waals surface area contributed by atoms with E-state index in [1.807, 2.05) is 19.9 Å². The van der Waals surface area contributed by atoms with Gasteiger partial charge in [0.25, 0.3) is 5.91 Å². The number of nitrogens with zero attached hydrogens (tertiary/aromatic N) is 1. The Balaban J connectivity index is 1.88. The molecule has 27 heavy (non-hydrogen) atoms. The van der Waals surface area contributed by atoms with Gasteiger partial charge in [-0.1, -0.05) is 19.9 Å². The van der Waals surface area contributed by atoms with Crippen molar-refractivity contribution < 1.29 is 24.2 Å². The summed E-state index contributed by atoms with van der Waals surface area (Å²) in [6.07, 6.45) is 1.48. The van der Waals surface area contributed by atoms with Crippen LogP contribution in [0.3, 0.4) is 0 Å². The van der Waals surface area contributed by atoms with Crippen LogP contribution in [0.15, 0.2) is 48.7 Å². The van der Waals surface area contributed by atoms with Gasteiger partial charge >= 0.3 is 5.97 Å². The second-order valence-corrected chi connectivity index (χ2v) is 6.72. The number of benzene rings is 1. The molecule has 1 atom stereocenters. The highest BCUT2D eigenvalue weighted by Gasteiger charge is 2.32. The lowest BCUT2D eigenvalue weighted by atomic mass is 9.85. The molecule has 7 nitrogen and oxygen atoms in total. The fourth-order valence-electron chi connectivity index (χ4n) is 2.34. The predicted molar refractivity (Wildman–Crippen MR) is 99.9 cm³/mol. The number of hydrogen-bond donors (Lipinski definition) is 2. The largest absolute Gasteiger partial charge is 0.484 e. The van der Waals surface area contributed by atoms with E-state index in [0.29, 0.717) is 17.4 Å². The molecule has 0 spiro atoms. The van der Waals surface area contributed by atoms with Crippen LogP contribution in [0.5, 0.6) is 17.4 Å². The molecule has 0 aliphatic rings. The highest BCUT2D eigenvalue weighted by atomic mass is 16.5. The topological polar surface area (TPSA) is 97.8 Å². The molecule has 0 fully saturated rings. The molecule has 0 aliphatic carbocycles. The molecular weight excluding hydrogens is 348 g/mol. The number of carboxylic acid groups (broad SMARTS) is 1. The summed E-state index contributed by atoms with van der Waals surface area (Å²) in [5, 5.41) is 11.8. The molecule has 0 saturated heterocycles. The van der Waals surface area contributed by atoms with Gasteiger partial charge in [0.1, 0.15) is 11.5 Å². The van der Waals surface area contributed by atoms with Gasteiger partial charge in [-0.25, -0.2) is 4.98 Å². The smallest absolute Gasteiger partial charge is 0.305 e. The van der Waals surface area contributed by atoms with Crippen molar-refractivity contribution in [2.45, 2.75) is 32.7 Å². The van der Waals surface area contributed by atoms with Crippen LogP contribution in [0.25, 0.3) is 0 Å². The number of hydrogen-bond acceptors (Lipinski definition) is 5. The second kappa shape index (κ2) is 9.02. The molecule has 2 aromatic rings. The van der Waals surface area contributed by atoms with Gasteiger partial charge < -0.3 is 19.9 Å². The van der Waals surface area contributed by atoms with Crippen LogP contribution in [-0.4, -0.2) is 34.1 Å². The first-order valence-electron chi connectivity index (χ1n) is 8.63. The Bertz CT molecular complexity index is 762. The van der Waals surface area contributed by atoms with E-state index >= 15 is 0 Å². The van der Waals surface area contributed by atoms with Crippen molar-refractivity contribution in [2.24, 2.45) is 5.92 Å². The van der Waals surface area contributed by atoms with Crippen molar-refractivity contribution in [3.05, 3.63) is 48.7 Å². The van der Waals surface area contributed by atoms with Gasteiger partial charge in [0.05, 0.1) is 12.0 Å². The third kappa shape index (κ3) is 6.29. The summed E-state index contributed by atoms with van der Waals surface area (Å²) in [4.78, 5) is 27.3. The van der Waals surface area contributed by atoms with Gasteiger partial charge in [-0.2, -0.15) is 0 Å². The summed E-state index contributed by atoms with van der Waals surface area (Å²) in [6.45, 7) is 5.24. The molecule has 0 aliphatic heterocycles. The Hall–Kier alpha value is -3.09. The first-order valence-corrected chi connectivity index (χ1v) is 8.63. The summed E-state index contributed by atoms with van der Waals surface area (Å²) in [7, 11) is 0. The van der Waals surface area contributed by atoms with Crippen molar-refractivity contribution in [3.8, 4) is 17.4 Å². The van der Waals surface area contributed by atoms with E-state index in [2.05, 4.69) is 10.3 Å². The van der Waals surface area contributed by atoms with Crippen LogP contribution >= 0.6 is 0 Å². The minimum Gasteiger partial charge on any atom is -0.484 e.